The molecule has 108 valence electrons. The van der Waals surface area contributed by atoms with Crippen molar-refractivity contribution in [2.24, 2.45) is 5.73 Å². The number of nitrogens with one attached hydrogen (secondary N) is 1. The van der Waals surface area contributed by atoms with Crippen LogP contribution in [0.5, 0.6) is 0 Å². The minimum absolute atomic E-state index is 0.220. The average Bonchev–Trinajstić information content (AvgIpc) is 2.43. The minimum Gasteiger partial charge on any atom is -0.366 e. The SMILES string of the molecule is Cc1cc(C(=O)Nc2ccc(F)c(C(N)=O)c2)ccc1F. The van der Waals surface area contributed by atoms with E-state index in [1.54, 1.807) is 0 Å². The number of halogens is 2. The fourth-order valence-corrected chi connectivity index (χ4v) is 1.78. The van der Waals surface area contributed by atoms with Gasteiger partial charge in [0.2, 0.25) is 0 Å². The topological polar surface area (TPSA) is 72.2 Å². The van der Waals surface area contributed by atoms with Gasteiger partial charge in [-0.15, -0.1) is 0 Å². The van der Waals surface area contributed by atoms with Crippen molar-refractivity contribution in [1.29, 1.82) is 0 Å². The summed E-state index contributed by atoms with van der Waals surface area (Å²) in [6, 6.07) is 7.39. The van der Waals surface area contributed by atoms with E-state index in [2.05, 4.69) is 5.32 Å². The van der Waals surface area contributed by atoms with Crippen LogP contribution in [0, 0.1) is 18.6 Å². The lowest BCUT2D eigenvalue weighted by Crippen LogP contribution is -2.16. The maximum atomic E-state index is 13.3. The predicted molar refractivity (Wildman–Crippen MR) is 74.0 cm³/mol. The largest absolute Gasteiger partial charge is 0.366 e. The second-order valence-corrected chi connectivity index (χ2v) is 4.48. The van der Waals surface area contributed by atoms with Gasteiger partial charge in [-0.2, -0.15) is 0 Å². The molecule has 3 N–H and O–H groups in total. The highest BCUT2D eigenvalue weighted by Gasteiger charge is 2.12. The maximum absolute atomic E-state index is 13.3. The summed E-state index contributed by atoms with van der Waals surface area (Å²) in [5.74, 6) is -2.61. The molecule has 6 heteroatoms. The Balaban J connectivity index is 2.25. The summed E-state index contributed by atoms with van der Waals surface area (Å²) in [5.41, 5.74) is 5.51. The van der Waals surface area contributed by atoms with E-state index in [1.807, 2.05) is 0 Å². The summed E-state index contributed by atoms with van der Waals surface area (Å²) in [5, 5.41) is 2.49. The van der Waals surface area contributed by atoms with Gasteiger partial charge in [0.05, 0.1) is 5.56 Å². The Morgan fingerprint density at radius 1 is 1.05 bits per heavy atom. The van der Waals surface area contributed by atoms with Crippen LogP contribution in [-0.2, 0) is 0 Å². The normalized spacial score (nSPS) is 10.2. The smallest absolute Gasteiger partial charge is 0.255 e. The predicted octanol–water partition coefficient (Wildman–Crippen LogP) is 2.62. The molecule has 0 fully saturated rings. The first-order valence-electron chi connectivity index (χ1n) is 6.05. The number of benzene rings is 2. The van der Waals surface area contributed by atoms with Crippen molar-refractivity contribution in [2.75, 3.05) is 5.32 Å². The molecule has 0 aromatic heterocycles. The van der Waals surface area contributed by atoms with Gasteiger partial charge < -0.3 is 11.1 Å². The molecule has 0 spiro atoms. The van der Waals surface area contributed by atoms with Crippen LogP contribution in [0.3, 0.4) is 0 Å². The fourth-order valence-electron chi connectivity index (χ4n) is 1.78. The molecular weight excluding hydrogens is 278 g/mol. The molecule has 4 nitrogen and oxygen atoms in total. The van der Waals surface area contributed by atoms with E-state index in [4.69, 9.17) is 5.73 Å². The second kappa shape index (κ2) is 5.70. The summed E-state index contributed by atoms with van der Waals surface area (Å²) in [6.07, 6.45) is 0. The van der Waals surface area contributed by atoms with Crippen LogP contribution in [0.4, 0.5) is 14.5 Å². The molecule has 0 saturated heterocycles. The summed E-state index contributed by atoms with van der Waals surface area (Å²) in [6.45, 7) is 1.54. The van der Waals surface area contributed by atoms with Crippen LogP contribution in [0.25, 0.3) is 0 Å². The summed E-state index contributed by atoms with van der Waals surface area (Å²) >= 11 is 0. The molecule has 0 bridgehead atoms. The van der Waals surface area contributed by atoms with E-state index in [-0.39, 0.29) is 16.8 Å². The molecular formula is C15H12F2N2O2. The molecule has 0 aliphatic rings. The number of primary amides is 1. The van der Waals surface area contributed by atoms with Crippen LogP contribution >= 0.6 is 0 Å². The highest BCUT2D eigenvalue weighted by atomic mass is 19.1. The summed E-state index contributed by atoms with van der Waals surface area (Å²) in [7, 11) is 0. The van der Waals surface area contributed by atoms with Crippen LogP contribution < -0.4 is 11.1 Å². The third kappa shape index (κ3) is 3.22. The van der Waals surface area contributed by atoms with Crippen LogP contribution in [0.2, 0.25) is 0 Å². The highest BCUT2D eigenvalue weighted by molar-refractivity contribution is 6.05. The first-order chi connectivity index (χ1) is 9.88. The number of aryl methyl sites for hydroxylation is 1. The summed E-state index contributed by atoms with van der Waals surface area (Å²) < 4.78 is 26.5. The first-order valence-corrected chi connectivity index (χ1v) is 6.05. The van der Waals surface area contributed by atoms with Gasteiger partial charge in [0, 0.05) is 11.3 Å². The van der Waals surface area contributed by atoms with Crippen molar-refractivity contribution in [3.8, 4) is 0 Å². The number of anilines is 1. The molecule has 2 aromatic rings. The van der Waals surface area contributed by atoms with Gasteiger partial charge >= 0.3 is 0 Å². The van der Waals surface area contributed by atoms with Crippen LogP contribution in [0.15, 0.2) is 36.4 Å². The number of carbonyl (C=O) groups is 2. The number of amides is 2. The zero-order valence-corrected chi connectivity index (χ0v) is 11.1. The Kier molecular flexibility index (Phi) is 3.98. The van der Waals surface area contributed by atoms with E-state index in [1.165, 1.54) is 31.2 Å². The Morgan fingerprint density at radius 2 is 1.71 bits per heavy atom. The lowest BCUT2D eigenvalue weighted by Gasteiger charge is -2.08. The van der Waals surface area contributed by atoms with Crippen LogP contribution in [-0.4, -0.2) is 11.8 Å². The third-order valence-electron chi connectivity index (χ3n) is 2.91. The van der Waals surface area contributed by atoms with E-state index < -0.39 is 23.4 Å². The quantitative estimate of drug-likeness (QED) is 0.912. The molecule has 2 aromatic carbocycles. The standard InChI is InChI=1S/C15H12F2N2O2/c1-8-6-9(2-4-12(8)16)15(21)19-10-3-5-13(17)11(7-10)14(18)20/h2-7H,1H3,(H2,18,20)(H,19,21). The number of nitrogens with two attached hydrogens (primary N) is 1. The van der Waals surface area contributed by atoms with Crippen molar-refractivity contribution >= 4 is 17.5 Å². The van der Waals surface area contributed by atoms with Crippen LogP contribution in [0.1, 0.15) is 26.3 Å². The average molecular weight is 290 g/mol. The molecule has 0 aliphatic heterocycles. The van der Waals surface area contributed by atoms with E-state index in [0.717, 1.165) is 12.1 Å². The third-order valence-corrected chi connectivity index (χ3v) is 2.91. The molecule has 0 saturated carbocycles. The Bertz CT molecular complexity index is 730. The zero-order chi connectivity index (χ0) is 15.6. The molecule has 0 atom stereocenters. The van der Waals surface area contributed by atoms with Gasteiger partial charge in [-0.3, -0.25) is 9.59 Å². The Hall–Kier alpha value is -2.76. The van der Waals surface area contributed by atoms with Gasteiger partial charge in [-0.05, 0) is 48.9 Å². The zero-order valence-electron chi connectivity index (χ0n) is 11.1. The molecule has 0 radical (unpaired) electrons. The monoisotopic (exact) mass is 290 g/mol. The Morgan fingerprint density at radius 3 is 2.33 bits per heavy atom. The number of hydrogen-bond acceptors (Lipinski definition) is 2. The van der Waals surface area contributed by atoms with Gasteiger partial charge in [0.25, 0.3) is 11.8 Å². The minimum atomic E-state index is -0.929. The number of rotatable bonds is 3. The molecule has 2 rings (SSSR count). The van der Waals surface area contributed by atoms with Gasteiger partial charge in [-0.1, -0.05) is 0 Å². The maximum Gasteiger partial charge on any atom is 0.255 e. The first kappa shape index (κ1) is 14.6. The van der Waals surface area contributed by atoms with Gasteiger partial charge in [0.1, 0.15) is 11.6 Å². The van der Waals surface area contributed by atoms with Crippen molar-refractivity contribution in [3.05, 3.63) is 64.7 Å². The summed E-state index contributed by atoms with van der Waals surface area (Å²) in [4.78, 5) is 23.0. The lowest BCUT2D eigenvalue weighted by atomic mass is 10.1. The lowest BCUT2D eigenvalue weighted by molar-refractivity contribution is 0.0992. The molecule has 0 aliphatic carbocycles. The van der Waals surface area contributed by atoms with Gasteiger partial charge in [-0.25, -0.2) is 8.78 Å². The van der Waals surface area contributed by atoms with E-state index >= 15 is 0 Å². The second-order valence-electron chi connectivity index (χ2n) is 4.48. The number of carbonyl (C=O) groups excluding carboxylic acids is 2. The van der Waals surface area contributed by atoms with E-state index in [0.29, 0.717) is 5.56 Å². The van der Waals surface area contributed by atoms with Crippen molar-refractivity contribution in [1.82, 2.24) is 0 Å². The molecule has 0 heterocycles. The van der Waals surface area contributed by atoms with Crippen molar-refractivity contribution in [2.45, 2.75) is 6.92 Å². The van der Waals surface area contributed by atoms with Crippen molar-refractivity contribution < 1.29 is 18.4 Å². The molecule has 21 heavy (non-hydrogen) atoms. The van der Waals surface area contributed by atoms with E-state index in [9.17, 15) is 18.4 Å². The van der Waals surface area contributed by atoms with Gasteiger partial charge in [0.15, 0.2) is 0 Å². The highest BCUT2D eigenvalue weighted by Crippen LogP contribution is 2.16. The Labute approximate surface area is 119 Å². The molecule has 2 amide bonds. The fraction of sp³-hybridized carbons (Fsp3) is 0.0667. The van der Waals surface area contributed by atoms with Crippen molar-refractivity contribution in [3.63, 3.8) is 0 Å². The number of hydrogen-bond donors (Lipinski definition) is 2. The molecule has 0 unspecified atom stereocenters.